The van der Waals surface area contributed by atoms with Crippen LogP contribution in [-0.4, -0.2) is 15.7 Å². The minimum atomic E-state index is 0.531. The number of thiocarbonyl (C=S) groups is 1. The van der Waals surface area contributed by atoms with Gasteiger partial charge in [0, 0.05) is 22.6 Å². The summed E-state index contributed by atoms with van der Waals surface area (Å²) in [5.41, 5.74) is 1.08. The van der Waals surface area contributed by atoms with Crippen molar-refractivity contribution in [3.8, 4) is 0 Å². The molecule has 0 saturated heterocycles. The zero-order valence-corrected chi connectivity index (χ0v) is 13.1. The van der Waals surface area contributed by atoms with Gasteiger partial charge in [-0.2, -0.15) is 4.99 Å². The Morgan fingerprint density at radius 1 is 1.45 bits per heavy atom. The molecule has 1 aromatic carbocycles. The summed E-state index contributed by atoms with van der Waals surface area (Å²) in [5.74, 6) is 0. The molecule has 0 unspecified atom stereocenters. The number of nitrogens with one attached hydrogen (secondary N) is 1. The highest BCUT2D eigenvalue weighted by molar-refractivity contribution is 7.80. The maximum Gasteiger partial charge on any atom is 0.195 e. The second kappa shape index (κ2) is 6.08. The van der Waals surface area contributed by atoms with Crippen LogP contribution < -0.4 is 10.1 Å². The van der Waals surface area contributed by atoms with E-state index in [2.05, 4.69) is 14.9 Å². The van der Waals surface area contributed by atoms with Crippen molar-refractivity contribution in [2.45, 2.75) is 25.4 Å². The van der Waals surface area contributed by atoms with E-state index in [1.807, 2.05) is 35.8 Å². The monoisotopic (exact) mass is 323 g/mol. The van der Waals surface area contributed by atoms with Crippen LogP contribution in [0.1, 0.15) is 18.4 Å². The van der Waals surface area contributed by atoms with E-state index in [-0.39, 0.29) is 0 Å². The predicted molar refractivity (Wildman–Crippen MR) is 87.2 cm³/mol. The molecule has 0 bridgehead atoms. The van der Waals surface area contributed by atoms with Crippen molar-refractivity contribution in [3.05, 3.63) is 51.2 Å². The van der Waals surface area contributed by atoms with Crippen molar-refractivity contribution in [2.75, 3.05) is 0 Å². The maximum absolute atomic E-state index is 6.20. The Morgan fingerprint density at radius 2 is 2.25 bits per heavy atom. The van der Waals surface area contributed by atoms with Gasteiger partial charge in [0.2, 0.25) is 0 Å². The third-order valence-electron chi connectivity index (χ3n) is 3.06. The van der Waals surface area contributed by atoms with Gasteiger partial charge in [0.05, 0.1) is 6.54 Å². The van der Waals surface area contributed by atoms with Gasteiger partial charge in [-0.3, -0.25) is 0 Å². The average Bonchev–Trinajstić information content (AvgIpc) is 3.13. The van der Waals surface area contributed by atoms with Gasteiger partial charge >= 0.3 is 0 Å². The molecule has 1 N–H and O–H groups in total. The van der Waals surface area contributed by atoms with Crippen molar-refractivity contribution in [1.29, 1.82) is 0 Å². The van der Waals surface area contributed by atoms with Gasteiger partial charge in [-0.05, 0) is 36.7 Å². The summed E-state index contributed by atoms with van der Waals surface area (Å²) < 4.78 is 2.06. The highest BCUT2D eigenvalue weighted by Gasteiger charge is 2.21. The molecule has 2 aromatic rings. The molecular formula is C14H14ClN3S2. The van der Waals surface area contributed by atoms with Crippen molar-refractivity contribution < 1.29 is 0 Å². The zero-order valence-electron chi connectivity index (χ0n) is 10.8. The van der Waals surface area contributed by atoms with E-state index in [9.17, 15) is 0 Å². The molecular weight excluding hydrogens is 310 g/mol. The third kappa shape index (κ3) is 3.48. The molecule has 20 heavy (non-hydrogen) atoms. The van der Waals surface area contributed by atoms with E-state index in [0.717, 1.165) is 15.4 Å². The van der Waals surface area contributed by atoms with Crippen molar-refractivity contribution in [3.63, 3.8) is 0 Å². The van der Waals surface area contributed by atoms with Crippen LogP contribution in [-0.2, 0) is 6.54 Å². The fourth-order valence-corrected chi connectivity index (χ4v) is 3.08. The zero-order chi connectivity index (χ0) is 13.9. The summed E-state index contributed by atoms with van der Waals surface area (Å²) in [7, 11) is 0. The first-order chi connectivity index (χ1) is 9.72. The van der Waals surface area contributed by atoms with Crippen LogP contribution in [0.25, 0.3) is 0 Å². The smallest absolute Gasteiger partial charge is 0.195 e. The number of rotatable bonds is 3. The summed E-state index contributed by atoms with van der Waals surface area (Å²) >= 11 is 13.0. The number of hydrogen-bond acceptors (Lipinski definition) is 2. The summed E-state index contributed by atoms with van der Waals surface area (Å²) in [6, 6.07) is 8.38. The lowest BCUT2D eigenvalue weighted by atomic mass is 10.2. The quantitative estimate of drug-likeness (QED) is 0.879. The van der Waals surface area contributed by atoms with Crippen molar-refractivity contribution in [1.82, 2.24) is 9.88 Å². The molecule has 1 heterocycles. The Labute approximate surface area is 131 Å². The van der Waals surface area contributed by atoms with E-state index in [0.29, 0.717) is 17.7 Å². The number of hydrogen-bond donors (Lipinski definition) is 1. The van der Waals surface area contributed by atoms with Crippen LogP contribution in [0.4, 0.5) is 0 Å². The van der Waals surface area contributed by atoms with Gasteiger partial charge < -0.3 is 9.88 Å². The predicted octanol–water partition coefficient (Wildman–Crippen LogP) is 3.19. The Kier molecular flexibility index (Phi) is 4.19. The molecule has 104 valence electrons. The second-order valence-electron chi connectivity index (χ2n) is 4.74. The molecule has 3 nitrogen and oxygen atoms in total. The van der Waals surface area contributed by atoms with Crippen LogP contribution >= 0.6 is 35.2 Å². The van der Waals surface area contributed by atoms with E-state index >= 15 is 0 Å². The van der Waals surface area contributed by atoms with Gasteiger partial charge in [-0.1, -0.05) is 29.8 Å². The lowest BCUT2D eigenvalue weighted by Gasteiger charge is -2.06. The van der Waals surface area contributed by atoms with Gasteiger partial charge in [0.15, 0.2) is 9.91 Å². The van der Waals surface area contributed by atoms with Gasteiger partial charge in [-0.25, -0.2) is 0 Å². The fourth-order valence-electron chi connectivity index (χ4n) is 1.84. The fraction of sp³-hybridized carbons (Fsp3) is 0.286. The molecule has 1 aliphatic carbocycles. The summed E-state index contributed by atoms with van der Waals surface area (Å²) in [5, 5.41) is 6.58. The number of benzene rings is 1. The van der Waals surface area contributed by atoms with Crippen LogP contribution in [0.15, 0.2) is 40.8 Å². The second-order valence-corrected chi connectivity index (χ2v) is 6.41. The Balaban J connectivity index is 1.81. The molecule has 1 fully saturated rings. The average molecular weight is 324 g/mol. The topological polar surface area (TPSA) is 29.3 Å². The maximum atomic E-state index is 6.20. The summed E-state index contributed by atoms with van der Waals surface area (Å²) in [6.45, 7) is 0.702. The molecule has 1 saturated carbocycles. The third-order valence-corrected chi connectivity index (χ3v) is 4.43. The van der Waals surface area contributed by atoms with Gasteiger partial charge in [-0.15, -0.1) is 11.3 Å². The molecule has 0 aliphatic heterocycles. The van der Waals surface area contributed by atoms with Crippen LogP contribution in [0.3, 0.4) is 0 Å². The number of halogens is 1. The molecule has 6 heteroatoms. The first kappa shape index (κ1) is 13.8. The van der Waals surface area contributed by atoms with Crippen molar-refractivity contribution >= 4 is 40.3 Å². The largest absolute Gasteiger partial charge is 0.358 e. The van der Waals surface area contributed by atoms with Gasteiger partial charge in [0.25, 0.3) is 0 Å². The highest BCUT2D eigenvalue weighted by Crippen LogP contribution is 2.18. The molecule has 0 amide bonds. The number of aromatic nitrogens is 1. The Morgan fingerprint density at radius 3 is 3.00 bits per heavy atom. The number of thiazole rings is 1. The van der Waals surface area contributed by atoms with Gasteiger partial charge in [0.1, 0.15) is 0 Å². The van der Waals surface area contributed by atoms with Crippen molar-refractivity contribution in [2.24, 2.45) is 4.99 Å². The standard InChI is InChI=1S/C14H14ClN3S2/c15-12-4-2-1-3-10(12)9-18-7-8-20-14(18)17-13(19)16-11-5-6-11/h1-4,7-8,11H,5-6,9H2,(H,16,19). The molecule has 0 radical (unpaired) electrons. The van der Waals surface area contributed by atoms with E-state index in [1.165, 1.54) is 12.8 Å². The lowest BCUT2D eigenvalue weighted by Crippen LogP contribution is -2.25. The van der Waals surface area contributed by atoms with E-state index in [1.54, 1.807) is 11.3 Å². The van der Waals surface area contributed by atoms with E-state index in [4.69, 9.17) is 23.8 Å². The van der Waals surface area contributed by atoms with Crippen LogP contribution in [0.5, 0.6) is 0 Å². The van der Waals surface area contributed by atoms with E-state index < -0.39 is 0 Å². The first-order valence-corrected chi connectivity index (χ1v) is 8.11. The van der Waals surface area contributed by atoms with Crippen LogP contribution in [0.2, 0.25) is 5.02 Å². The minimum absolute atomic E-state index is 0.531. The molecule has 0 spiro atoms. The normalized spacial score (nSPS) is 15.3. The minimum Gasteiger partial charge on any atom is -0.358 e. The highest BCUT2D eigenvalue weighted by atomic mass is 35.5. The van der Waals surface area contributed by atoms with Crippen LogP contribution in [0, 0.1) is 0 Å². The Hall–Kier alpha value is -1.17. The summed E-state index contributed by atoms with van der Waals surface area (Å²) in [6.07, 6.45) is 4.39. The molecule has 3 rings (SSSR count). The molecule has 1 aliphatic rings. The first-order valence-electron chi connectivity index (χ1n) is 6.45. The lowest BCUT2D eigenvalue weighted by molar-refractivity contribution is 0.769. The Bertz CT molecular complexity index is 685. The number of nitrogens with zero attached hydrogens (tertiary/aromatic N) is 2. The molecule has 1 aromatic heterocycles. The molecule has 0 atom stereocenters. The SMILES string of the molecule is S=C(N=c1sccn1Cc1ccccc1Cl)NC1CC1. The summed E-state index contributed by atoms with van der Waals surface area (Å²) in [4.78, 5) is 5.38.